The van der Waals surface area contributed by atoms with Crippen molar-refractivity contribution < 1.29 is 9.63 Å². The van der Waals surface area contributed by atoms with Crippen LogP contribution >= 0.6 is 31.9 Å². The Morgan fingerprint density at radius 1 is 0.923 bits per heavy atom. The topological polar surface area (TPSA) is 70.9 Å². The molecule has 0 bridgehead atoms. The lowest BCUT2D eigenvalue weighted by Gasteiger charge is -2.37. The van der Waals surface area contributed by atoms with Crippen molar-refractivity contribution in [1.29, 1.82) is 0 Å². The molecule has 39 heavy (non-hydrogen) atoms. The summed E-state index contributed by atoms with van der Waals surface area (Å²) in [4.78, 5) is 32.3. The summed E-state index contributed by atoms with van der Waals surface area (Å²) in [6, 6.07) is 20.4. The number of pyridine rings is 2. The number of piperazine rings is 1. The second-order valence-electron chi connectivity index (χ2n) is 9.60. The predicted molar refractivity (Wildman–Crippen MR) is 163 cm³/mol. The zero-order valence-electron chi connectivity index (χ0n) is 21.3. The van der Waals surface area contributed by atoms with Crippen LogP contribution in [0.1, 0.15) is 30.4 Å². The Balaban J connectivity index is 1.42. The minimum atomic E-state index is -0.323. The summed E-state index contributed by atoms with van der Waals surface area (Å²) in [6.45, 7) is 3.23. The van der Waals surface area contributed by atoms with Crippen LogP contribution in [-0.2, 0) is 9.63 Å². The van der Waals surface area contributed by atoms with Gasteiger partial charge in [0.05, 0.1) is 11.1 Å². The van der Waals surface area contributed by atoms with E-state index in [-0.39, 0.29) is 5.97 Å². The number of carbonyl (C=O) groups is 1. The molecule has 2 aromatic carbocycles. The van der Waals surface area contributed by atoms with Gasteiger partial charge in [0.25, 0.3) is 0 Å². The molecule has 3 heterocycles. The quantitative estimate of drug-likeness (QED) is 0.0862. The summed E-state index contributed by atoms with van der Waals surface area (Å²) in [6.07, 6.45) is 3.84. The van der Waals surface area contributed by atoms with E-state index < -0.39 is 0 Å². The molecular formula is C30H27Br2N5O2. The Kier molecular flexibility index (Phi) is 7.61. The number of aromatic nitrogens is 2. The third-order valence-electron chi connectivity index (χ3n) is 7.17. The summed E-state index contributed by atoms with van der Waals surface area (Å²) in [5.41, 5.74) is 5.59. The zero-order chi connectivity index (χ0) is 26.8. The standard InChI is InChI=1S/C30H27Br2N5O2/c31-13-5-3-10-26(38)39-35-29-22-8-2-1-7-21(22)27-23-19-20(32)11-12-24(23)34-30(28(27)29)37-17-15-36(16-18-37)25-9-4-6-14-33-25/h1-2,4,6-9,11-12,14,19H,3,5,10,13,15-18H2/b35-29+. The molecule has 0 atom stereocenters. The molecule has 198 valence electrons. The molecule has 0 radical (unpaired) electrons. The molecule has 0 unspecified atom stereocenters. The highest BCUT2D eigenvalue weighted by molar-refractivity contribution is 9.10. The van der Waals surface area contributed by atoms with E-state index in [1.165, 1.54) is 0 Å². The van der Waals surface area contributed by atoms with Crippen molar-refractivity contribution in [1.82, 2.24) is 9.97 Å². The molecule has 9 heteroatoms. The van der Waals surface area contributed by atoms with Crippen LogP contribution in [0.2, 0.25) is 0 Å². The lowest BCUT2D eigenvalue weighted by molar-refractivity contribution is -0.143. The van der Waals surface area contributed by atoms with Gasteiger partial charge < -0.3 is 14.6 Å². The third-order valence-corrected chi connectivity index (χ3v) is 8.23. The van der Waals surface area contributed by atoms with E-state index >= 15 is 0 Å². The van der Waals surface area contributed by atoms with Crippen molar-refractivity contribution in [3.05, 3.63) is 82.5 Å². The molecule has 1 aliphatic heterocycles. The maximum atomic E-state index is 12.5. The monoisotopic (exact) mass is 647 g/mol. The van der Waals surface area contributed by atoms with Gasteiger partial charge in [-0.05, 0) is 48.7 Å². The van der Waals surface area contributed by atoms with E-state index in [0.29, 0.717) is 12.1 Å². The highest BCUT2D eigenvalue weighted by atomic mass is 79.9. The van der Waals surface area contributed by atoms with Crippen LogP contribution in [-0.4, -0.2) is 53.2 Å². The number of halogens is 2. The number of fused-ring (bicyclic) bond motifs is 5. The highest BCUT2D eigenvalue weighted by Crippen LogP contribution is 2.45. The van der Waals surface area contributed by atoms with Gasteiger partial charge >= 0.3 is 5.97 Å². The van der Waals surface area contributed by atoms with Crippen LogP contribution < -0.4 is 9.80 Å². The van der Waals surface area contributed by atoms with Crippen molar-refractivity contribution >= 4 is 66.1 Å². The molecule has 4 aromatic rings. The molecule has 0 spiro atoms. The van der Waals surface area contributed by atoms with Crippen molar-refractivity contribution in [2.45, 2.75) is 19.3 Å². The van der Waals surface area contributed by atoms with Crippen molar-refractivity contribution in [2.24, 2.45) is 5.16 Å². The molecule has 6 rings (SSSR count). The van der Waals surface area contributed by atoms with Crippen LogP contribution in [0.25, 0.3) is 22.0 Å². The molecule has 1 fully saturated rings. The number of hydrogen-bond acceptors (Lipinski definition) is 7. The average Bonchev–Trinajstić information content (AvgIpc) is 3.31. The summed E-state index contributed by atoms with van der Waals surface area (Å²) in [5.74, 6) is 1.53. The number of carbonyl (C=O) groups excluding carboxylic acids is 1. The van der Waals surface area contributed by atoms with E-state index in [9.17, 15) is 4.79 Å². The van der Waals surface area contributed by atoms with Gasteiger partial charge in [0.2, 0.25) is 0 Å². The van der Waals surface area contributed by atoms with Gasteiger partial charge in [0.1, 0.15) is 17.3 Å². The predicted octanol–water partition coefficient (Wildman–Crippen LogP) is 6.56. The van der Waals surface area contributed by atoms with Crippen LogP contribution in [0.5, 0.6) is 0 Å². The first-order valence-corrected chi connectivity index (χ1v) is 15.0. The smallest absolute Gasteiger partial charge is 0.335 e. The maximum Gasteiger partial charge on any atom is 0.335 e. The lowest BCUT2D eigenvalue weighted by atomic mass is 10.0. The fraction of sp³-hybridized carbons (Fsp3) is 0.267. The van der Waals surface area contributed by atoms with E-state index in [2.05, 4.69) is 70.0 Å². The van der Waals surface area contributed by atoms with Crippen LogP contribution in [0.4, 0.5) is 11.6 Å². The van der Waals surface area contributed by atoms with Crippen LogP contribution in [0.3, 0.4) is 0 Å². The van der Waals surface area contributed by atoms with E-state index in [4.69, 9.17) is 9.82 Å². The molecule has 2 aromatic heterocycles. The summed E-state index contributed by atoms with van der Waals surface area (Å²) in [5, 5.41) is 6.39. The largest absolute Gasteiger partial charge is 0.353 e. The summed E-state index contributed by atoms with van der Waals surface area (Å²) in [7, 11) is 0. The second kappa shape index (κ2) is 11.4. The SMILES string of the molecule is O=C(CCCCBr)O/N=C1\c2ccccc2-c2c1c(N1CCN(c3ccccn3)CC1)nc1ccc(Br)cc21. The Morgan fingerprint density at radius 2 is 1.69 bits per heavy atom. The van der Waals surface area contributed by atoms with Crippen LogP contribution in [0.15, 0.2) is 76.5 Å². The van der Waals surface area contributed by atoms with Crippen molar-refractivity contribution in [3.63, 3.8) is 0 Å². The van der Waals surface area contributed by atoms with Gasteiger partial charge in [0.15, 0.2) is 0 Å². The van der Waals surface area contributed by atoms with Gasteiger partial charge in [0, 0.05) is 65.1 Å². The normalized spacial score (nSPS) is 15.5. The Hall–Kier alpha value is -3.30. The number of oxime groups is 1. The number of rotatable bonds is 7. The first-order valence-electron chi connectivity index (χ1n) is 13.1. The van der Waals surface area contributed by atoms with Crippen molar-refractivity contribution in [2.75, 3.05) is 41.3 Å². The molecule has 2 aliphatic rings. The zero-order valence-corrected chi connectivity index (χ0v) is 24.5. The van der Waals surface area contributed by atoms with Gasteiger partial charge in [-0.3, -0.25) is 0 Å². The Bertz CT molecular complexity index is 1550. The number of benzene rings is 2. The minimum absolute atomic E-state index is 0.323. The summed E-state index contributed by atoms with van der Waals surface area (Å²) < 4.78 is 0.983. The molecular weight excluding hydrogens is 622 g/mol. The number of alkyl halides is 1. The number of unbranched alkanes of at least 4 members (excludes halogenated alkanes) is 1. The minimum Gasteiger partial charge on any atom is -0.353 e. The van der Waals surface area contributed by atoms with Gasteiger partial charge in [-0.15, -0.1) is 0 Å². The molecule has 0 amide bonds. The van der Waals surface area contributed by atoms with E-state index in [1.54, 1.807) is 0 Å². The molecule has 1 saturated heterocycles. The molecule has 0 N–H and O–H groups in total. The number of anilines is 2. The third kappa shape index (κ3) is 5.17. The Morgan fingerprint density at radius 3 is 2.46 bits per heavy atom. The fourth-order valence-corrected chi connectivity index (χ4v) is 6.04. The Labute approximate surface area is 244 Å². The van der Waals surface area contributed by atoms with Crippen LogP contribution in [0, 0.1) is 0 Å². The average molecular weight is 649 g/mol. The molecule has 1 aliphatic carbocycles. The maximum absolute atomic E-state index is 12.5. The fourth-order valence-electron chi connectivity index (χ4n) is 5.29. The summed E-state index contributed by atoms with van der Waals surface area (Å²) >= 11 is 7.06. The lowest BCUT2D eigenvalue weighted by Crippen LogP contribution is -2.47. The number of nitrogens with zero attached hydrogens (tertiary/aromatic N) is 5. The first kappa shape index (κ1) is 26.0. The highest BCUT2D eigenvalue weighted by Gasteiger charge is 2.34. The van der Waals surface area contributed by atoms with Gasteiger partial charge in [-0.25, -0.2) is 14.8 Å². The molecule has 7 nitrogen and oxygen atoms in total. The van der Waals surface area contributed by atoms with Gasteiger partial charge in [-0.1, -0.05) is 67.3 Å². The van der Waals surface area contributed by atoms with E-state index in [0.717, 1.165) is 93.6 Å². The van der Waals surface area contributed by atoms with Crippen molar-refractivity contribution in [3.8, 4) is 11.1 Å². The first-order chi connectivity index (χ1) is 19.1. The second-order valence-corrected chi connectivity index (χ2v) is 11.3. The van der Waals surface area contributed by atoms with Gasteiger partial charge in [-0.2, -0.15) is 0 Å². The number of hydrogen-bond donors (Lipinski definition) is 0. The molecule has 0 saturated carbocycles. The van der Waals surface area contributed by atoms with E-state index in [1.807, 2.05) is 48.7 Å².